The molecule has 5 heteroatoms. The van der Waals surface area contributed by atoms with Gasteiger partial charge in [-0.25, -0.2) is 10.8 Å². The third-order valence-electron chi connectivity index (χ3n) is 2.98. The number of anilines is 1. The maximum atomic E-state index is 5.74. The number of hydrogen-bond acceptors (Lipinski definition) is 5. The van der Waals surface area contributed by atoms with Gasteiger partial charge in [-0.2, -0.15) is 4.98 Å². The number of hydrogen-bond donors (Lipinski definition) is 2. The summed E-state index contributed by atoms with van der Waals surface area (Å²) in [6.07, 6.45) is 0.947. The Morgan fingerprint density at radius 2 is 1.86 bits per heavy atom. The minimum absolute atomic E-state index is 0.226. The van der Waals surface area contributed by atoms with E-state index in [0.29, 0.717) is 24.1 Å². The van der Waals surface area contributed by atoms with Gasteiger partial charge in [0.1, 0.15) is 5.82 Å². The Morgan fingerprint density at radius 1 is 1.14 bits per heavy atom. The van der Waals surface area contributed by atoms with Crippen molar-refractivity contribution in [2.24, 2.45) is 11.3 Å². The summed E-state index contributed by atoms with van der Waals surface area (Å²) >= 11 is 0. The third-order valence-corrected chi connectivity index (χ3v) is 2.98. The number of rotatable bonds is 5. The Balaban J connectivity index is 2.18. The lowest BCUT2D eigenvalue weighted by molar-refractivity contribution is 0.236. The predicted octanol–water partition coefficient (Wildman–Crippen LogP) is 3.24. The van der Waals surface area contributed by atoms with Crippen LogP contribution in [0, 0.1) is 5.41 Å². The molecule has 1 heterocycles. The molecule has 0 atom stereocenters. The predicted molar refractivity (Wildman–Crippen MR) is 84.8 cm³/mol. The zero-order valence-electron chi connectivity index (χ0n) is 12.8. The number of nitrogen functional groups attached to an aromatic ring is 1. The van der Waals surface area contributed by atoms with E-state index in [1.807, 2.05) is 30.3 Å². The maximum absolute atomic E-state index is 5.74. The lowest BCUT2D eigenvalue weighted by Gasteiger charge is -2.18. The van der Waals surface area contributed by atoms with E-state index < -0.39 is 0 Å². The molecule has 112 valence electrons. The average Bonchev–Trinajstić information content (AvgIpc) is 2.46. The first kappa shape index (κ1) is 15.3. The van der Waals surface area contributed by atoms with Crippen molar-refractivity contribution in [2.75, 3.05) is 12.0 Å². The standard InChI is InChI=1S/C16H22N4O/c1-16(2,3)9-10-21-14-11-13(20-17)18-15(19-14)12-7-5-4-6-8-12/h4-8,11H,9-10,17H2,1-3H3,(H,18,19,20). The number of ether oxygens (including phenoxy) is 1. The van der Waals surface area contributed by atoms with Gasteiger partial charge in [-0.15, -0.1) is 0 Å². The van der Waals surface area contributed by atoms with Crippen molar-refractivity contribution in [1.82, 2.24) is 9.97 Å². The fraction of sp³-hybridized carbons (Fsp3) is 0.375. The third kappa shape index (κ3) is 4.72. The van der Waals surface area contributed by atoms with Crippen LogP contribution in [0.15, 0.2) is 36.4 Å². The number of hydrazine groups is 1. The molecule has 2 rings (SSSR count). The molecule has 0 bridgehead atoms. The SMILES string of the molecule is CC(C)(C)CCOc1cc(NN)nc(-c2ccccc2)n1. The van der Waals surface area contributed by atoms with E-state index in [-0.39, 0.29) is 5.41 Å². The van der Waals surface area contributed by atoms with Crippen LogP contribution in [0.2, 0.25) is 0 Å². The smallest absolute Gasteiger partial charge is 0.219 e. The topological polar surface area (TPSA) is 73.1 Å². The minimum Gasteiger partial charge on any atom is -0.477 e. The normalized spacial score (nSPS) is 11.2. The van der Waals surface area contributed by atoms with Crippen LogP contribution in [0.1, 0.15) is 27.2 Å². The average molecular weight is 286 g/mol. The van der Waals surface area contributed by atoms with Crippen LogP contribution < -0.4 is 16.0 Å². The molecule has 0 aliphatic carbocycles. The van der Waals surface area contributed by atoms with Crippen molar-refractivity contribution in [3.63, 3.8) is 0 Å². The largest absolute Gasteiger partial charge is 0.477 e. The van der Waals surface area contributed by atoms with Gasteiger partial charge in [-0.05, 0) is 11.8 Å². The molecule has 0 saturated carbocycles. The summed E-state index contributed by atoms with van der Waals surface area (Å²) < 4.78 is 5.74. The van der Waals surface area contributed by atoms with Crippen molar-refractivity contribution in [3.05, 3.63) is 36.4 Å². The molecule has 5 nitrogen and oxygen atoms in total. The quantitative estimate of drug-likeness (QED) is 0.652. The number of nitrogens with two attached hydrogens (primary N) is 1. The monoisotopic (exact) mass is 286 g/mol. The second kappa shape index (κ2) is 6.54. The number of benzene rings is 1. The second-order valence-corrected chi connectivity index (χ2v) is 6.08. The molecule has 1 aromatic heterocycles. The molecule has 0 fully saturated rings. The van der Waals surface area contributed by atoms with Gasteiger partial charge in [0.25, 0.3) is 0 Å². The van der Waals surface area contributed by atoms with E-state index >= 15 is 0 Å². The van der Waals surface area contributed by atoms with Crippen LogP contribution in [0.4, 0.5) is 5.82 Å². The van der Waals surface area contributed by atoms with Crippen LogP contribution in [0.3, 0.4) is 0 Å². The summed E-state index contributed by atoms with van der Waals surface area (Å²) in [5.41, 5.74) is 3.71. The van der Waals surface area contributed by atoms with Gasteiger partial charge in [-0.1, -0.05) is 51.1 Å². The molecule has 3 N–H and O–H groups in total. The van der Waals surface area contributed by atoms with Gasteiger partial charge < -0.3 is 10.2 Å². The summed E-state index contributed by atoms with van der Waals surface area (Å²) in [6, 6.07) is 11.5. The first-order valence-electron chi connectivity index (χ1n) is 7.02. The highest BCUT2D eigenvalue weighted by Gasteiger charge is 2.11. The van der Waals surface area contributed by atoms with Crippen molar-refractivity contribution in [1.29, 1.82) is 0 Å². The molecule has 0 radical (unpaired) electrons. The Bertz CT molecular complexity index is 579. The highest BCUT2D eigenvalue weighted by Crippen LogP contribution is 2.22. The fourth-order valence-electron chi connectivity index (χ4n) is 1.75. The molecule has 0 amide bonds. The zero-order chi connectivity index (χ0) is 15.3. The summed E-state index contributed by atoms with van der Waals surface area (Å²) in [7, 11) is 0. The van der Waals surface area contributed by atoms with Gasteiger partial charge in [0, 0.05) is 11.6 Å². The van der Waals surface area contributed by atoms with Crippen LogP contribution in [0.5, 0.6) is 5.88 Å². The van der Waals surface area contributed by atoms with Crippen LogP contribution in [-0.2, 0) is 0 Å². The highest BCUT2D eigenvalue weighted by molar-refractivity contribution is 5.57. The zero-order valence-corrected chi connectivity index (χ0v) is 12.8. The van der Waals surface area contributed by atoms with E-state index in [0.717, 1.165) is 12.0 Å². The summed E-state index contributed by atoms with van der Waals surface area (Å²) in [5.74, 6) is 7.13. The Hall–Kier alpha value is -2.14. The molecule has 0 aliphatic rings. The van der Waals surface area contributed by atoms with E-state index in [1.165, 1.54) is 0 Å². The van der Waals surface area contributed by atoms with Crippen molar-refractivity contribution in [2.45, 2.75) is 27.2 Å². The molecule has 0 spiro atoms. The van der Waals surface area contributed by atoms with Gasteiger partial charge in [0.15, 0.2) is 5.82 Å². The molecule has 1 aromatic carbocycles. The Morgan fingerprint density at radius 3 is 2.48 bits per heavy atom. The first-order valence-corrected chi connectivity index (χ1v) is 7.02. The number of nitrogens with one attached hydrogen (secondary N) is 1. The Kier molecular flexibility index (Phi) is 4.75. The van der Waals surface area contributed by atoms with E-state index in [4.69, 9.17) is 10.6 Å². The molecule has 0 aliphatic heterocycles. The van der Waals surface area contributed by atoms with E-state index in [1.54, 1.807) is 6.07 Å². The molecule has 0 unspecified atom stereocenters. The van der Waals surface area contributed by atoms with Gasteiger partial charge in [-0.3, -0.25) is 0 Å². The molecule has 21 heavy (non-hydrogen) atoms. The van der Waals surface area contributed by atoms with Gasteiger partial charge in [0.05, 0.1) is 6.61 Å². The van der Waals surface area contributed by atoms with Crippen LogP contribution in [-0.4, -0.2) is 16.6 Å². The minimum atomic E-state index is 0.226. The first-order chi connectivity index (χ1) is 9.98. The number of nitrogens with zero attached hydrogens (tertiary/aromatic N) is 2. The van der Waals surface area contributed by atoms with E-state index in [2.05, 4.69) is 36.2 Å². The van der Waals surface area contributed by atoms with E-state index in [9.17, 15) is 0 Å². The van der Waals surface area contributed by atoms with Crippen LogP contribution in [0.25, 0.3) is 11.4 Å². The summed E-state index contributed by atoms with van der Waals surface area (Å²) in [4.78, 5) is 8.79. The molecule has 0 saturated heterocycles. The van der Waals surface area contributed by atoms with Gasteiger partial charge >= 0.3 is 0 Å². The fourth-order valence-corrected chi connectivity index (χ4v) is 1.75. The lowest BCUT2D eigenvalue weighted by Crippen LogP contribution is -2.13. The molecule has 2 aromatic rings. The summed E-state index contributed by atoms with van der Waals surface area (Å²) in [5, 5.41) is 0. The maximum Gasteiger partial charge on any atom is 0.219 e. The van der Waals surface area contributed by atoms with Crippen LogP contribution >= 0.6 is 0 Å². The van der Waals surface area contributed by atoms with Crippen molar-refractivity contribution < 1.29 is 4.74 Å². The second-order valence-electron chi connectivity index (χ2n) is 6.08. The molecular weight excluding hydrogens is 264 g/mol. The Labute approximate surface area is 125 Å². The van der Waals surface area contributed by atoms with Crippen molar-refractivity contribution >= 4 is 5.82 Å². The summed E-state index contributed by atoms with van der Waals surface area (Å²) in [6.45, 7) is 7.15. The highest BCUT2D eigenvalue weighted by atomic mass is 16.5. The van der Waals surface area contributed by atoms with Gasteiger partial charge in [0.2, 0.25) is 5.88 Å². The lowest BCUT2D eigenvalue weighted by atomic mass is 9.93. The number of aromatic nitrogens is 2. The molecular formula is C16H22N4O. The van der Waals surface area contributed by atoms with Crippen molar-refractivity contribution in [3.8, 4) is 17.3 Å².